The minimum Gasteiger partial charge on any atom is -0.494 e. The van der Waals surface area contributed by atoms with Gasteiger partial charge in [-0.25, -0.2) is 0 Å². The summed E-state index contributed by atoms with van der Waals surface area (Å²) in [6.45, 7) is 9.48. The summed E-state index contributed by atoms with van der Waals surface area (Å²) in [5.41, 5.74) is 7.55. The summed E-state index contributed by atoms with van der Waals surface area (Å²) in [7, 11) is 0. The zero-order chi connectivity index (χ0) is 25.3. The number of carbonyl (C=O) groups is 1. The molecule has 36 heavy (non-hydrogen) atoms. The highest BCUT2D eigenvalue weighted by Crippen LogP contribution is 2.44. The van der Waals surface area contributed by atoms with Crippen LogP contribution >= 0.6 is 0 Å². The number of hydrogen-bond donors (Lipinski definition) is 2. The zero-order valence-electron chi connectivity index (χ0n) is 21.7. The molecule has 0 aromatic heterocycles. The molecule has 0 fully saturated rings. The Labute approximate surface area is 214 Å². The molecule has 0 amide bonds. The number of rotatable bonds is 5. The number of ether oxygens (including phenoxy) is 1. The summed E-state index contributed by atoms with van der Waals surface area (Å²) in [6.07, 6.45) is 2.28. The van der Waals surface area contributed by atoms with Gasteiger partial charge in [-0.2, -0.15) is 0 Å². The maximum absolute atomic E-state index is 13.8. The summed E-state index contributed by atoms with van der Waals surface area (Å²) in [5, 5.41) is 7.33. The molecule has 3 aromatic rings. The van der Waals surface area contributed by atoms with E-state index < -0.39 is 0 Å². The molecule has 4 heteroatoms. The molecule has 186 valence electrons. The summed E-state index contributed by atoms with van der Waals surface area (Å²) in [5.74, 6) is 1.22. The van der Waals surface area contributed by atoms with Crippen molar-refractivity contribution in [2.24, 2.45) is 0 Å². The normalized spacial score (nSPS) is 19.5. The summed E-state index contributed by atoms with van der Waals surface area (Å²) >= 11 is 0. The number of benzene rings is 3. The highest BCUT2D eigenvalue weighted by atomic mass is 16.5. The Balaban J connectivity index is 1.50. The smallest absolute Gasteiger partial charge is 0.163 e. The largest absolute Gasteiger partial charge is 0.494 e. The van der Waals surface area contributed by atoms with Crippen molar-refractivity contribution in [3.05, 3.63) is 101 Å². The molecule has 0 spiro atoms. The number of Topliss-reactive ketones (excluding diaryl/α,β-unsaturated/α-hetero) is 1. The van der Waals surface area contributed by atoms with E-state index in [-0.39, 0.29) is 23.2 Å². The first-order valence-corrected chi connectivity index (χ1v) is 13.1. The number of allylic oxidation sites excluding steroid dienone is 1. The van der Waals surface area contributed by atoms with Crippen molar-refractivity contribution in [3.63, 3.8) is 0 Å². The van der Waals surface area contributed by atoms with Crippen molar-refractivity contribution in [2.45, 2.75) is 64.3 Å². The Hall–Kier alpha value is -3.53. The maximum atomic E-state index is 13.8. The van der Waals surface area contributed by atoms with Gasteiger partial charge >= 0.3 is 0 Å². The maximum Gasteiger partial charge on any atom is 0.163 e. The molecule has 1 aliphatic carbocycles. The molecule has 2 unspecified atom stereocenters. The van der Waals surface area contributed by atoms with E-state index in [1.807, 2.05) is 24.3 Å². The lowest BCUT2D eigenvalue weighted by Gasteiger charge is -2.30. The average molecular weight is 481 g/mol. The first kappa shape index (κ1) is 24.2. The zero-order valence-corrected chi connectivity index (χ0v) is 21.7. The van der Waals surface area contributed by atoms with Crippen LogP contribution in [0.5, 0.6) is 5.75 Å². The van der Waals surface area contributed by atoms with Gasteiger partial charge < -0.3 is 15.4 Å². The lowest BCUT2D eigenvalue weighted by atomic mass is 9.78. The van der Waals surface area contributed by atoms with E-state index >= 15 is 0 Å². The standard InChI is InChI=1S/C32H36N2O2/c1-5-18-36-25-16-12-21(13-17-25)23-19-28-30(29(35)20-23)31(34-27-9-7-6-8-26(27)33-28)22-10-14-24(15-11-22)32(2,3)4/h6-17,23,31,33-34H,5,18-20H2,1-4H3. The SMILES string of the molecule is CCCOc1ccc(C2CC(=O)C3=C(C2)Nc2ccccc2NC3c2ccc(C(C)(C)C)cc2)cc1. The van der Waals surface area contributed by atoms with Gasteiger partial charge in [0.25, 0.3) is 0 Å². The number of nitrogens with one attached hydrogen (secondary N) is 2. The van der Waals surface area contributed by atoms with Crippen molar-refractivity contribution < 1.29 is 9.53 Å². The number of fused-ring (bicyclic) bond motifs is 1. The number of carbonyl (C=O) groups excluding carboxylic acids is 1. The molecule has 0 saturated carbocycles. The van der Waals surface area contributed by atoms with Crippen molar-refractivity contribution in [1.29, 1.82) is 0 Å². The minimum absolute atomic E-state index is 0.0823. The van der Waals surface area contributed by atoms with Crippen LogP contribution in [0.3, 0.4) is 0 Å². The lowest BCUT2D eigenvalue weighted by molar-refractivity contribution is -0.116. The molecule has 0 radical (unpaired) electrons. The number of ketones is 1. The van der Waals surface area contributed by atoms with Crippen LogP contribution in [0, 0.1) is 0 Å². The highest BCUT2D eigenvalue weighted by molar-refractivity contribution is 6.01. The van der Waals surface area contributed by atoms with Gasteiger partial charge in [0.05, 0.1) is 24.0 Å². The number of para-hydroxylation sites is 2. The van der Waals surface area contributed by atoms with Crippen LogP contribution in [0.15, 0.2) is 84.1 Å². The summed E-state index contributed by atoms with van der Waals surface area (Å²) < 4.78 is 5.76. The third-order valence-corrected chi connectivity index (χ3v) is 7.24. The van der Waals surface area contributed by atoms with Crippen molar-refractivity contribution >= 4 is 17.2 Å². The van der Waals surface area contributed by atoms with Gasteiger partial charge in [0, 0.05) is 17.7 Å². The molecule has 5 rings (SSSR count). The van der Waals surface area contributed by atoms with Crippen LogP contribution < -0.4 is 15.4 Å². The second kappa shape index (κ2) is 9.85. The molecule has 1 aliphatic heterocycles. The molecule has 3 aromatic carbocycles. The van der Waals surface area contributed by atoms with Gasteiger partial charge in [0.1, 0.15) is 5.75 Å². The van der Waals surface area contributed by atoms with Crippen LogP contribution in [0.25, 0.3) is 0 Å². The quantitative estimate of drug-likeness (QED) is 0.392. The lowest BCUT2D eigenvalue weighted by Crippen LogP contribution is -2.27. The molecular formula is C32H36N2O2. The first-order chi connectivity index (χ1) is 17.3. The molecule has 1 heterocycles. The van der Waals surface area contributed by atoms with Crippen molar-refractivity contribution in [3.8, 4) is 5.75 Å². The molecule has 0 saturated heterocycles. The van der Waals surface area contributed by atoms with E-state index in [0.717, 1.165) is 46.8 Å². The van der Waals surface area contributed by atoms with E-state index in [9.17, 15) is 4.79 Å². The van der Waals surface area contributed by atoms with Gasteiger partial charge in [-0.05, 0) is 65.1 Å². The van der Waals surface area contributed by atoms with Gasteiger partial charge in [-0.15, -0.1) is 0 Å². The van der Waals surface area contributed by atoms with E-state index in [0.29, 0.717) is 13.0 Å². The minimum atomic E-state index is -0.191. The first-order valence-electron chi connectivity index (χ1n) is 13.1. The Kier molecular flexibility index (Phi) is 6.61. The van der Waals surface area contributed by atoms with Gasteiger partial charge in [0.2, 0.25) is 0 Å². The molecule has 2 N–H and O–H groups in total. The Bertz CT molecular complexity index is 1270. The van der Waals surface area contributed by atoms with Crippen molar-refractivity contribution in [2.75, 3.05) is 17.2 Å². The molecule has 4 nitrogen and oxygen atoms in total. The fourth-order valence-electron chi connectivity index (χ4n) is 5.21. The molecular weight excluding hydrogens is 444 g/mol. The predicted octanol–water partition coefficient (Wildman–Crippen LogP) is 7.75. The molecule has 2 aliphatic rings. The van der Waals surface area contributed by atoms with Gasteiger partial charge in [-0.3, -0.25) is 4.79 Å². The van der Waals surface area contributed by atoms with E-state index in [1.54, 1.807) is 0 Å². The third-order valence-electron chi connectivity index (χ3n) is 7.24. The fourth-order valence-corrected chi connectivity index (χ4v) is 5.21. The molecule has 0 bridgehead atoms. The molecule has 2 atom stereocenters. The summed E-state index contributed by atoms with van der Waals surface area (Å²) in [4.78, 5) is 13.8. The topological polar surface area (TPSA) is 50.4 Å². The Morgan fingerprint density at radius 1 is 0.861 bits per heavy atom. The van der Waals surface area contributed by atoms with Crippen LogP contribution in [-0.4, -0.2) is 12.4 Å². The second-order valence-corrected chi connectivity index (χ2v) is 11.0. The average Bonchev–Trinajstić information content (AvgIpc) is 3.04. The second-order valence-electron chi connectivity index (χ2n) is 11.0. The van der Waals surface area contributed by atoms with Crippen LogP contribution in [0.2, 0.25) is 0 Å². The summed E-state index contributed by atoms with van der Waals surface area (Å²) in [6, 6.07) is 25.0. The Morgan fingerprint density at radius 2 is 1.53 bits per heavy atom. The van der Waals surface area contributed by atoms with Crippen LogP contribution in [0.4, 0.5) is 11.4 Å². The monoisotopic (exact) mass is 480 g/mol. The van der Waals surface area contributed by atoms with E-state index in [4.69, 9.17) is 4.74 Å². The third kappa shape index (κ3) is 4.90. The van der Waals surface area contributed by atoms with E-state index in [2.05, 4.69) is 86.9 Å². The van der Waals surface area contributed by atoms with Crippen LogP contribution in [0.1, 0.15) is 75.6 Å². The van der Waals surface area contributed by atoms with Gasteiger partial charge in [-0.1, -0.05) is 76.2 Å². The fraction of sp³-hybridized carbons (Fsp3) is 0.344. The predicted molar refractivity (Wildman–Crippen MR) is 148 cm³/mol. The van der Waals surface area contributed by atoms with Crippen molar-refractivity contribution in [1.82, 2.24) is 0 Å². The van der Waals surface area contributed by atoms with Crippen LogP contribution in [-0.2, 0) is 10.2 Å². The van der Waals surface area contributed by atoms with Gasteiger partial charge in [0.15, 0.2) is 5.78 Å². The highest BCUT2D eigenvalue weighted by Gasteiger charge is 2.36. The Morgan fingerprint density at radius 3 is 2.19 bits per heavy atom. The number of anilines is 2. The van der Waals surface area contributed by atoms with E-state index in [1.165, 1.54) is 11.1 Å². The number of hydrogen-bond acceptors (Lipinski definition) is 4.